The van der Waals surface area contributed by atoms with E-state index in [-0.39, 0.29) is 47.1 Å². The fourth-order valence-electron chi connectivity index (χ4n) is 5.71. The summed E-state index contributed by atoms with van der Waals surface area (Å²) < 4.78 is 24.0. The van der Waals surface area contributed by atoms with Crippen molar-refractivity contribution in [3.8, 4) is 28.7 Å². The lowest BCUT2D eigenvalue weighted by Gasteiger charge is -2.24. The Labute approximate surface area is 274 Å². The summed E-state index contributed by atoms with van der Waals surface area (Å²) in [5, 5.41) is 30.3. The van der Waals surface area contributed by atoms with Gasteiger partial charge in [0, 0.05) is 49.7 Å². The molecule has 12 heteroatoms. The maximum atomic E-state index is 13.6. The first-order valence-corrected chi connectivity index (χ1v) is 15.7. The molecule has 2 heterocycles. The monoisotopic (exact) mass is 649 g/mol. The number of ketones is 1. The molecule has 12 nitrogen and oxygen atoms in total. The fraction of sp³-hybridized carbons (Fsp3) is 0.429. The number of rotatable bonds is 10. The fourth-order valence-corrected chi connectivity index (χ4v) is 5.71. The molecule has 2 aromatic carbocycles. The SMILES string of the molecule is COc1cc(C(CC(=O)NCCn2cccn2)c2c(O)cc3c(c2O)C(=O)O[C@@H](C)CCCC(=O)CCCC=C3)cc(OC)c1OC. The minimum absolute atomic E-state index is 0.0371. The molecule has 0 radical (unpaired) electrons. The van der Waals surface area contributed by atoms with Crippen LogP contribution in [-0.2, 0) is 20.9 Å². The lowest BCUT2D eigenvalue weighted by molar-refractivity contribution is -0.121. The van der Waals surface area contributed by atoms with E-state index < -0.39 is 23.7 Å². The number of hydrogen-bond acceptors (Lipinski definition) is 10. The van der Waals surface area contributed by atoms with Crippen molar-refractivity contribution < 1.29 is 43.5 Å². The summed E-state index contributed by atoms with van der Waals surface area (Å²) in [6.07, 6.45) is 9.19. The van der Waals surface area contributed by atoms with Gasteiger partial charge >= 0.3 is 5.97 Å². The van der Waals surface area contributed by atoms with Crippen LogP contribution < -0.4 is 19.5 Å². The lowest BCUT2D eigenvalue weighted by atomic mass is 9.84. The Bertz CT molecular complexity index is 1560. The van der Waals surface area contributed by atoms with Gasteiger partial charge in [-0.05, 0) is 68.0 Å². The van der Waals surface area contributed by atoms with E-state index >= 15 is 0 Å². The third kappa shape index (κ3) is 8.84. The Hall–Kier alpha value is -5.00. The van der Waals surface area contributed by atoms with Crippen LogP contribution in [0.1, 0.15) is 84.8 Å². The summed E-state index contributed by atoms with van der Waals surface area (Å²) in [6, 6.07) is 6.43. The number of aromatic nitrogens is 2. The van der Waals surface area contributed by atoms with Crippen LogP contribution in [0.25, 0.3) is 6.08 Å². The summed E-state index contributed by atoms with van der Waals surface area (Å²) in [7, 11) is 4.38. The van der Waals surface area contributed by atoms with E-state index in [1.54, 1.807) is 54.4 Å². The van der Waals surface area contributed by atoms with Crippen molar-refractivity contribution in [3.05, 3.63) is 65.0 Å². The van der Waals surface area contributed by atoms with Gasteiger partial charge in [0.15, 0.2) is 11.5 Å². The first-order chi connectivity index (χ1) is 22.7. The average molecular weight is 650 g/mol. The van der Waals surface area contributed by atoms with Gasteiger partial charge in [-0.15, -0.1) is 0 Å². The van der Waals surface area contributed by atoms with Crippen molar-refractivity contribution in [2.45, 2.75) is 70.4 Å². The third-order valence-corrected chi connectivity index (χ3v) is 8.10. The van der Waals surface area contributed by atoms with E-state index in [1.165, 1.54) is 27.4 Å². The van der Waals surface area contributed by atoms with Crippen molar-refractivity contribution >= 4 is 23.7 Å². The van der Waals surface area contributed by atoms with Crippen molar-refractivity contribution in [1.29, 1.82) is 0 Å². The number of phenols is 2. The average Bonchev–Trinajstić information content (AvgIpc) is 3.56. The van der Waals surface area contributed by atoms with E-state index in [0.717, 1.165) is 0 Å². The minimum atomic E-state index is -0.966. The Balaban J connectivity index is 1.81. The topological polar surface area (TPSA) is 158 Å². The van der Waals surface area contributed by atoms with Crippen LogP contribution in [0.15, 0.2) is 42.7 Å². The molecule has 1 amide bonds. The molecule has 0 bridgehead atoms. The number of carbonyl (C=O) groups is 3. The van der Waals surface area contributed by atoms with Crippen molar-refractivity contribution in [3.63, 3.8) is 0 Å². The molecule has 3 aromatic rings. The van der Waals surface area contributed by atoms with E-state index in [2.05, 4.69) is 10.4 Å². The first kappa shape index (κ1) is 34.9. The van der Waals surface area contributed by atoms with Gasteiger partial charge < -0.3 is 34.5 Å². The number of fused-ring (bicyclic) bond motifs is 1. The molecule has 47 heavy (non-hydrogen) atoms. The summed E-state index contributed by atoms with van der Waals surface area (Å²) in [5.41, 5.74) is 0.530. The molecule has 2 atom stereocenters. The van der Waals surface area contributed by atoms with Crippen LogP contribution in [0.3, 0.4) is 0 Å². The highest BCUT2D eigenvalue weighted by molar-refractivity contribution is 5.98. The molecule has 1 aliphatic heterocycles. The number of nitrogens with zero attached hydrogens (tertiary/aromatic N) is 2. The second kappa shape index (κ2) is 16.5. The molecule has 0 aliphatic carbocycles. The van der Waals surface area contributed by atoms with Gasteiger partial charge in [0.1, 0.15) is 22.8 Å². The zero-order valence-corrected chi connectivity index (χ0v) is 27.3. The predicted octanol–water partition coefficient (Wildman–Crippen LogP) is 5.14. The standard InChI is InChI=1S/C35H43N3O9/c1-22-10-8-13-25(39)12-7-5-6-11-23-18-27(40)32(33(42)31(23)35(43)47-22)26(21-30(41)36-15-17-38-16-9-14-37-38)24-19-28(44-2)34(46-4)29(20-24)45-3/h6,9,11,14,16,18-20,22,26,40,42H,5,7-8,10,12-13,15,17,21H2,1-4H3,(H,36,41)/t22-,26?/m0/s1. The number of esters is 1. The molecule has 1 aromatic heterocycles. The number of hydrogen-bond donors (Lipinski definition) is 3. The van der Waals surface area contributed by atoms with Gasteiger partial charge in [0.25, 0.3) is 0 Å². The minimum Gasteiger partial charge on any atom is -0.507 e. The van der Waals surface area contributed by atoms with E-state index in [1.807, 2.05) is 0 Å². The second-order valence-corrected chi connectivity index (χ2v) is 11.4. The van der Waals surface area contributed by atoms with Crippen LogP contribution in [0.5, 0.6) is 28.7 Å². The van der Waals surface area contributed by atoms with Gasteiger partial charge in [-0.1, -0.05) is 12.2 Å². The largest absolute Gasteiger partial charge is 0.507 e. The van der Waals surface area contributed by atoms with Crippen molar-refractivity contribution in [2.24, 2.45) is 0 Å². The predicted molar refractivity (Wildman–Crippen MR) is 174 cm³/mol. The molecule has 1 aliphatic rings. The van der Waals surface area contributed by atoms with E-state index in [9.17, 15) is 24.6 Å². The highest BCUT2D eigenvalue weighted by Gasteiger charge is 2.32. The number of carbonyl (C=O) groups excluding carboxylic acids is 3. The number of Topliss-reactive ketones (excluding diaryl/α,β-unsaturated/α-hetero) is 1. The molecule has 1 unspecified atom stereocenters. The van der Waals surface area contributed by atoms with Gasteiger partial charge in [-0.2, -0.15) is 5.10 Å². The number of allylic oxidation sites excluding steroid dienone is 1. The number of cyclic esters (lactones) is 1. The molecule has 3 N–H and O–H groups in total. The number of nitrogens with one attached hydrogen (secondary N) is 1. The Kier molecular flexibility index (Phi) is 12.3. The molecule has 252 valence electrons. The quantitative estimate of drug-likeness (QED) is 0.251. The molecular weight excluding hydrogens is 606 g/mol. The van der Waals surface area contributed by atoms with Gasteiger partial charge in [-0.25, -0.2) is 4.79 Å². The zero-order chi connectivity index (χ0) is 33.9. The summed E-state index contributed by atoms with van der Waals surface area (Å²) >= 11 is 0. The van der Waals surface area contributed by atoms with Crippen LogP contribution >= 0.6 is 0 Å². The van der Waals surface area contributed by atoms with Gasteiger partial charge in [0.2, 0.25) is 11.7 Å². The third-order valence-electron chi connectivity index (χ3n) is 8.10. The van der Waals surface area contributed by atoms with Gasteiger partial charge in [-0.3, -0.25) is 14.3 Å². The number of methoxy groups -OCH3 is 3. The van der Waals surface area contributed by atoms with E-state index in [4.69, 9.17) is 18.9 Å². The highest BCUT2D eigenvalue weighted by Crippen LogP contribution is 2.47. The van der Waals surface area contributed by atoms with Crippen LogP contribution in [-0.4, -0.2) is 71.6 Å². The first-order valence-electron chi connectivity index (χ1n) is 15.7. The molecule has 4 rings (SSSR count). The number of phenolic OH excluding ortho intramolecular Hbond substituents is 2. The lowest BCUT2D eigenvalue weighted by Crippen LogP contribution is -2.29. The van der Waals surface area contributed by atoms with E-state index in [0.29, 0.717) is 67.9 Å². The summed E-state index contributed by atoms with van der Waals surface area (Å²) in [6.45, 7) is 2.45. The molecular formula is C35H43N3O9. The van der Waals surface area contributed by atoms with Crippen molar-refractivity contribution in [1.82, 2.24) is 15.1 Å². The Morgan fingerprint density at radius 1 is 1.09 bits per heavy atom. The van der Waals surface area contributed by atoms with Gasteiger partial charge in [0.05, 0.1) is 34.0 Å². The number of aromatic hydroxyl groups is 2. The van der Waals surface area contributed by atoms with Crippen LogP contribution in [0.2, 0.25) is 0 Å². The molecule has 0 fully saturated rings. The smallest absolute Gasteiger partial charge is 0.342 e. The highest BCUT2D eigenvalue weighted by atomic mass is 16.5. The summed E-state index contributed by atoms with van der Waals surface area (Å²) in [4.78, 5) is 39.2. The number of benzene rings is 2. The Morgan fingerprint density at radius 2 is 1.81 bits per heavy atom. The number of amides is 1. The normalized spacial score (nSPS) is 16.4. The maximum absolute atomic E-state index is 13.6. The molecule has 0 saturated carbocycles. The van der Waals surface area contributed by atoms with Crippen LogP contribution in [0.4, 0.5) is 0 Å². The Morgan fingerprint density at radius 3 is 2.47 bits per heavy atom. The molecule has 0 saturated heterocycles. The second-order valence-electron chi connectivity index (χ2n) is 11.4. The maximum Gasteiger partial charge on any atom is 0.342 e. The number of ether oxygens (including phenoxy) is 4. The van der Waals surface area contributed by atoms with Crippen molar-refractivity contribution in [2.75, 3.05) is 27.9 Å². The molecule has 0 spiro atoms. The zero-order valence-electron chi connectivity index (χ0n) is 27.3. The summed E-state index contributed by atoms with van der Waals surface area (Å²) in [5.74, 6) is -1.87. The van der Waals surface area contributed by atoms with Crippen LogP contribution in [0, 0.1) is 0 Å².